The van der Waals surface area contributed by atoms with Crippen LogP contribution in [0.1, 0.15) is 33.6 Å². The molecule has 0 heterocycles. The van der Waals surface area contributed by atoms with Crippen molar-refractivity contribution in [2.45, 2.75) is 33.6 Å². The van der Waals surface area contributed by atoms with E-state index in [4.69, 9.17) is 4.55 Å². The molecule has 0 aromatic carbocycles. The van der Waals surface area contributed by atoms with E-state index < -0.39 is 10.1 Å². The molecule has 1 unspecified atom stereocenters. The second kappa shape index (κ2) is 4.10. The van der Waals surface area contributed by atoms with Crippen LogP contribution in [0.15, 0.2) is 23.1 Å². The van der Waals surface area contributed by atoms with Crippen LogP contribution in [0.25, 0.3) is 0 Å². The van der Waals surface area contributed by atoms with Crippen molar-refractivity contribution in [2.75, 3.05) is 0 Å². The number of hydrogen-bond donors (Lipinski definition) is 1. The topological polar surface area (TPSA) is 54.4 Å². The standard InChI is InChI=1S/C11H18O3S/c1-4-11(2,3)9-5-7-10(8-6-9)15(12,13)14/h5,7-9H,4,6H2,1-3H3,(H,12,13,14). The first kappa shape index (κ1) is 12.5. The van der Waals surface area contributed by atoms with Gasteiger partial charge in [-0.1, -0.05) is 39.3 Å². The van der Waals surface area contributed by atoms with Crippen molar-refractivity contribution < 1.29 is 13.0 Å². The summed E-state index contributed by atoms with van der Waals surface area (Å²) in [6.07, 6.45) is 6.69. The zero-order chi connectivity index (χ0) is 11.7. The fourth-order valence-electron chi connectivity index (χ4n) is 1.63. The van der Waals surface area contributed by atoms with E-state index in [1.165, 1.54) is 6.08 Å². The Hall–Kier alpha value is -0.610. The van der Waals surface area contributed by atoms with Crippen molar-refractivity contribution in [3.05, 3.63) is 23.1 Å². The van der Waals surface area contributed by atoms with Crippen molar-refractivity contribution in [2.24, 2.45) is 11.3 Å². The van der Waals surface area contributed by atoms with Gasteiger partial charge in [-0.25, -0.2) is 0 Å². The highest BCUT2D eigenvalue weighted by Crippen LogP contribution is 2.36. The summed E-state index contributed by atoms with van der Waals surface area (Å²) >= 11 is 0. The highest BCUT2D eigenvalue weighted by Gasteiger charge is 2.27. The van der Waals surface area contributed by atoms with Crippen molar-refractivity contribution in [3.8, 4) is 0 Å². The second-order valence-electron chi connectivity index (χ2n) is 4.63. The third-order valence-corrected chi connectivity index (χ3v) is 4.18. The molecule has 1 rings (SSSR count). The van der Waals surface area contributed by atoms with Gasteiger partial charge in [0.25, 0.3) is 10.1 Å². The van der Waals surface area contributed by atoms with E-state index in [1.807, 2.05) is 6.08 Å². The summed E-state index contributed by atoms with van der Waals surface area (Å²) < 4.78 is 30.5. The summed E-state index contributed by atoms with van der Waals surface area (Å²) in [6.45, 7) is 6.44. The Kier molecular flexibility index (Phi) is 3.41. The largest absolute Gasteiger partial charge is 0.294 e. The minimum atomic E-state index is -4.03. The summed E-state index contributed by atoms with van der Waals surface area (Å²) in [5.41, 5.74) is 0.164. The lowest BCUT2D eigenvalue weighted by Gasteiger charge is -2.32. The summed E-state index contributed by atoms with van der Waals surface area (Å²) in [7, 11) is -4.03. The predicted molar refractivity (Wildman–Crippen MR) is 61.0 cm³/mol. The summed E-state index contributed by atoms with van der Waals surface area (Å²) in [5, 5.41) is 0. The third-order valence-electron chi connectivity index (χ3n) is 3.28. The maximum Gasteiger partial charge on any atom is 0.294 e. The van der Waals surface area contributed by atoms with Crippen LogP contribution in [0.5, 0.6) is 0 Å². The van der Waals surface area contributed by atoms with E-state index in [0.717, 1.165) is 6.42 Å². The lowest BCUT2D eigenvalue weighted by molar-refractivity contribution is 0.249. The molecule has 1 aliphatic rings. The van der Waals surface area contributed by atoms with Crippen LogP contribution in [0.4, 0.5) is 0 Å². The maximum atomic E-state index is 10.8. The first-order chi connectivity index (χ1) is 6.77. The van der Waals surface area contributed by atoms with Crippen LogP contribution >= 0.6 is 0 Å². The maximum absolute atomic E-state index is 10.8. The molecule has 0 amide bonds. The van der Waals surface area contributed by atoms with E-state index in [1.54, 1.807) is 6.08 Å². The van der Waals surface area contributed by atoms with Crippen LogP contribution in [-0.4, -0.2) is 13.0 Å². The molecule has 0 bridgehead atoms. The highest BCUT2D eigenvalue weighted by molar-refractivity contribution is 7.90. The first-order valence-electron chi connectivity index (χ1n) is 5.13. The molecule has 0 aromatic rings. The SMILES string of the molecule is CCC(C)(C)C1C=CC(S(=O)(=O)O)=CC1. The van der Waals surface area contributed by atoms with E-state index >= 15 is 0 Å². The predicted octanol–water partition coefficient (Wildman–Crippen LogP) is 2.77. The van der Waals surface area contributed by atoms with Crippen molar-refractivity contribution in [3.63, 3.8) is 0 Å². The lowest BCUT2D eigenvalue weighted by Crippen LogP contribution is -2.22. The van der Waals surface area contributed by atoms with Gasteiger partial charge < -0.3 is 0 Å². The molecule has 0 spiro atoms. The van der Waals surface area contributed by atoms with Gasteiger partial charge in [0, 0.05) is 0 Å². The Labute approximate surface area is 91.6 Å². The molecule has 15 heavy (non-hydrogen) atoms. The number of rotatable bonds is 3. The Bertz CT molecular complexity index is 388. The molecule has 0 radical (unpaired) electrons. The van der Waals surface area contributed by atoms with E-state index in [2.05, 4.69) is 20.8 Å². The van der Waals surface area contributed by atoms with Crippen molar-refractivity contribution in [1.29, 1.82) is 0 Å². The van der Waals surface area contributed by atoms with Gasteiger partial charge in [-0.05, 0) is 23.8 Å². The molecule has 0 fully saturated rings. The molecule has 1 N–H and O–H groups in total. The van der Waals surface area contributed by atoms with E-state index in [0.29, 0.717) is 12.3 Å². The van der Waals surface area contributed by atoms with Gasteiger partial charge >= 0.3 is 0 Å². The van der Waals surface area contributed by atoms with Crippen LogP contribution in [0, 0.1) is 11.3 Å². The molecule has 4 heteroatoms. The van der Waals surface area contributed by atoms with Gasteiger partial charge in [0.15, 0.2) is 0 Å². The molecule has 3 nitrogen and oxygen atoms in total. The molecule has 0 aliphatic heterocycles. The fraction of sp³-hybridized carbons (Fsp3) is 0.636. The smallest absolute Gasteiger partial charge is 0.282 e. The molecular formula is C11H18O3S. The zero-order valence-electron chi connectivity index (χ0n) is 9.40. The molecule has 86 valence electrons. The minimum Gasteiger partial charge on any atom is -0.282 e. The third kappa shape index (κ3) is 2.92. The fourth-order valence-corrected chi connectivity index (χ4v) is 2.19. The van der Waals surface area contributed by atoms with E-state index in [9.17, 15) is 8.42 Å². The summed E-state index contributed by atoms with van der Waals surface area (Å²) in [5.74, 6) is 0.341. The second-order valence-corrected chi connectivity index (χ2v) is 6.05. The van der Waals surface area contributed by atoms with Gasteiger partial charge in [0.1, 0.15) is 0 Å². The quantitative estimate of drug-likeness (QED) is 0.758. The molecule has 1 atom stereocenters. The molecular weight excluding hydrogens is 212 g/mol. The Morgan fingerprint density at radius 1 is 1.53 bits per heavy atom. The Morgan fingerprint density at radius 3 is 2.47 bits per heavy atom. The van der Waals surface area contributed by atoms with Gasteiger partial charge in [-0.15, -0.1) is 0 Å². The molecule has 0 saturated heterocycles. The van der Waals surface area contributed by atoms with Gasteiger partial charge in [-0.3, -0.25) is 4.55 Å². The summed E-state index contributed by atoms with van der Waals surface area (Å²) in [6, 6.07) is 0. The molecule has 1 aliphatic carbocycles. The van der Waals surface area contributed by atoms with Crippen LogP contribution < -0.4 is 0 Å². The Balaban J connectivity index is 2.82. The minimum absolute atomic E-state index is 0.0191. The normalized spacial score (nSPS) is 22.7. The zero-order valence-corrected chi connectivity index (χ0v) is 10.2. The number of allylic oxidation sites excluding steroid dienone is 3. The van der Waals surface area contributed by atoms with Crippen LogP contribution in [-0.2, 0) is 10.1 Å². The van der Waals surface area contributed by atoms with Gasteiger partial charge in [0.05, 0.1) is 4.91 Å². The van der Waals surface area contributed by atoms with Gasteiger partial charge in [0.2, 0.25) is 0 Å². The number of hydrogen-bond acceptors (Lipinski definition) is 2. The van der Waals surface area contributed by atoms with Crippen molar-refractivity contribution >= 4 is 10.1 Å². The molecule has 0 aromatic heterocycles. The van der Waals surface area contributed by atoms with E-state index in [-0.39, 0.29) is 10.3 Å². The van der Waals surface area contributed by atoms with Crippen LogP contribution in [0.3, 0.4) is 0 Å². The Morgan fingerprint density at radius 2 is 2.13 bits per heavy atom. The first-order valence-corrected chi connectivity index (χ1v) is 6.57. The lowest BCUT2D eigenvalue weighted by atomic mass is 9.74. The monoisotopic (exact) mass is 230 g/mol. The average molecular weight is 230 g/mol. The van der Waals surface area contributed by atoms with Gasteiger partial charge in [-0.2, -0.15) is 8.42 Å². The molecule has 0 saturated carbocycles. The van der Waals surface area contributed by atoms with Crippen LogP contribution in [0.2, 0.25) is 0 Å². The highest BCUT2D eigenvalue weighted by atomic mass is 32.2. The average Bonchev–Trinajstić information content (AvgIpc) is 2.17. The summed E-state index contributed by atoms with van der Waals surface area (Å²) in [4.78, 5) is 0.0191. The van der Waals surface area contributed by atoms with Crippen molar-refractivity contribution in [1.82, 2.24) is 0 Å².